The molecule has 6 atom stereocenters. The van der Waals surface area contributed by atoms with Crippen LogP contribution in [0.3, 0.4) is 0 Å². The molecule has 294 valence electrons. The Balaban J connectivity index is 1.35. The van der Waals surface area contributed by atoms with Crippen LogP contribution in [0.15, 0.2) is 96.2 Å². The van der Waals surface area contributed by atoms with Crippen LogP contribution in [0.1, 0.15) is 99.1 Å². The first-order chi connectivity index (χ1) is 27.0. The number of rotatable bonds is 19. The van der Waals surface area contributed by atoms with Crippen molar-refractivity contribution in [3.05, 3.63) is 114 Å². The molecule has 2 N–H and O–H groups in total. The van der Waals surface area contributed by atoms with Gasteiger partial charge < -0.3 is 29.3 Å². The molecule has 0 bridgehead atoms. The molecule has 9 heteroatoms. The molecule has 7 rings (SSSR count). The van der Waals surface area contributed by atoms with Crippen LogP contribution in [-0.4, -0.2) is 57.0 Å². The van der Waals surface area contributed by atoms with Crippen molar-refractivity contribution >= 4 is 17.5 Å². The zero-order valence-corrected chi connectivity index (χ0v) is 33.1. The van der Waals surface area contributed by atoms with Gasteiger partial charge in [0.15, 0.2) is 0 Å². The number of allylic oxidation sites excluding steroid dienone is 1. The SMILES string of the molecule is C=CCO[C@@]12Oc3ccc(OCc4cccc(C)n4)cc3[C@H]3[C@H](CCCCO)[C@@H](CCCCO)C=C(C(=NOCc4ccccc4)C[C@@H]1SC1CCCC1)[C@H]32. The van der Waals surface area contributed by atoms with Gasteiger partial charge in [-0.3, -0.25) is 4.98 Å². The van der Waals surface area contributed by atoms with E-state index in [1.807, 2.05) is 67.2 Å². The Morgan fingerprint density at radius 3 is 2.53 bits per heavy atom. The van der Waals surface area contributed by atoms with Crippen molar-refractivity contribution in [3.8, 4) is 11.5 Å². The first kappa shape index (κ1) is 39.6. The van der Waals surface area contributed by atoms with Crippen LogP contribution in [0.25, 0.3) is 0 Å². The van der Waals surface area contributed by atoms with Crippen molar-refractivity contribution in [1.29, 1.82) is 0 Å². The van der Waals surface area contributed by atoms with E-state index in [4.69, 9.17) is 24.2 Å². The molecule has 0 spiro atoms. The zero-order chi connectivity index (χ0) is 38.0. The van der Waals surface area contributed by atoms with Crippen LogP contribution in [0.4, 0.5) is 0 Å². The number of nitrogens with zero attached hydrogens (tertiary/aromatic N) is 2. The summed E-state index contributed by atoms with van der Waals surface area (Å²) in [7, 11) is 0. The minimum atomic E-state index is -0.956. The number of benzene rings is 2. The number of hydrogen-bond donors (Lipinski definition) is 2. The highest BCUT2D eigenvalue weighted by Crippen LogP contribution is 2.63. The number of fused-ring (bicyclic) bond motifs is 2. The summed E-state index contributed by atoms with van der Waals surface area (Å²) >= 11 is 2.02. The number of unbranched alkanes of at least 4 members (excludes halogenated alkanes) is 2. The maximum absolute atomic E-state index is 9.93. The topological polar surface area (TPSA) is 103 Å². The van der Waals surface area contributed by atoms with E-state index in [1.165, 1.54) is 25.7 Å². The summed E-state index contributed by atoms with van der Waals surface area (Å²) in [6.07, 6.45) is 15.1. The highest BCUT2D eigenvalue weighted by molar-refractivity contribution is 8.00. The molecule has 1 aliphatic heterocycles. The van der Waals surface area contributed by atoms with Gasteiger partial charge in [0, 0.05) is 42.1 Å². The molecule has 0 unspecified atom stereocenters. The van der Waals surface area contributed by atoms with Gasteiger partial charge >= 0.3 is 0 Å². The van der Waals surface area contributed by atoms with Crippen LogP contribution in [0.2, 0.25) is 0 Å². The number of aryl methyl sites for hydroxylation is 1. The monoisotopic (exact) mass is 766 g/mol. The molecule has 4 aliphatic rings. The maximum Gasteiger partial charge on any atom is 0.230 e. The van der Waals surface area contributed by atoms with E-state index in [2.05, 4.69) is 41.9 Å². The van der Waals surface area contributed by atoms with Crippen LogP contribution >= 0.6 is 11.8 Å². The Bertz CT molecular complexity index is 1780. The quantitative estimate of drug-likeness (QED) is 0.0707. The van der Waals surface area contributed by atoms with Gasteiger partial charge in [0.05, 0.1) is 29.2 Å². The third-order valence-electron chi connectivity index (χ3n) is 11.9. The maximum atomic E-state index is 9.93. The number of ether oxygens (including phenoxy) is 3. The van der Waals surface area contributed by atoms with Crippen molar-refractivity contribution in [1.82, 2.24) is 4.98 Å². The molecule has 8 nitrogen and oxygen atoms in total. The van der Waals surface area contributed by atoms with E-state index in [0.29, 0.717) is 31.5 Å². The fourth-order valence-electron chi connectivity index (χ4n) is 9.39. The summed E-state index contributed by atoms with van der Waals surface area (Å²) in [5.74, 6) is 0.994. The average molecular weight is 767 g/mol. The summed E-state index contributed by atoms with van der Waals surface area (Å²) in [4.78, 5) is 10.9. The predicted octanol–water partition coefficient (Wildman–Crippen LogP) is 9.48. The summed E-state index contributed by atoms with van der Waals surface area (Å²) in [5, 5.41) is 25.3. The fraction of sp³-hybridized carbons (Fsp3) is 0.522. The predicted molar refractivity (Wildman–Crippen MR) is 219 cm³/mol. The molecule has 2 heterocycles. The molecule has 0 amide bonds. The van der Waals surface area contributed by atoms with Crippen LogP contribution < -0.4 is 9.47 Å². The molecule has 55 heavy (non-hydrogen) atoms. The normalized spacial score (nSPS) is 26.5. The van der Waals surface area contributed by atoms with Crippen LogP contribution in [-0.2, 0) is 22.8 Å². The first-order valence-electron chi connectivity index (χ1n) is 20.5. The Kier molecular flexibility index (Phi) is 13.7. The van der Waals surface area contributed by atoms with Gasteiger partial charge in [-0.1, -0.05) is 79.4 Å². The lowest BCUT2D eigenvalue weighted by molar-refractivity contribution is -0.223. The summed E-state index contributed by atoms with van der Waals surface area (Å²) in [6, 6.07) is 22.5. The van der Waals surface area contributed by atoms with Gasteiger partial charge in [0.1, 0.15) is 24.7 Å². The fourth-order valence-corrected chi connectivity index (χ4v) is 11.2. The molecule has 3 aliphatic carbocycles. The first-order valence-corrected chi connectivity index (χ1v) is 21.4. The zero-order valence-electron chi connectivity index (χ0n) is 32.3. The Morgan fingerprint density at radius 2 is 1.76 bits per heavy atom. The number of aliphatic hydroxyl groups excluding tert-OH is 2. The Morgan fingerprint density at radius 1 is 0.964 bits per heavy atom. The van der Waals surface area contributed by atoms with Crippen molar-refractivity contribution in [2.24, 2.45) is 22.9 Å². The number of pyridine rings is 1. The molecule has 2 fully saturated rings. The molecule has 2 saturated carbocycles. The lowest BCUT2D eigenvalue weighted by atomic mass is 9.56. The van der Waals surface area contributed by atoms with Crippen molar-refractivity contribution < 1.29 is 29.3 Å². The summed E-state index contributed by atoms with van der Waals surface area (Å²) in [5.41, 5.74) is 6.18. The number of thioether (sulfide) groups is 1. The highest BCUT2D eigenvalue weighted by Gasteiger charge is 2.64. The Labute approximate surface area is 331 Å². The number of oxime groups is 1. The van der Waals surface area contributed by atoms with E-state index in [1.54, 1.807) is 0 Å². The summed E-state index contributed by atoms with van der Waals surface area (Å²) in [6.45, 7) is 7.55. The van der Waals surface area contributed by atoms with E-state index < -0.39 is 5.79 Å². The lowest BCUT2D eigenvalue weighted by Gasteiger charge is -2.58. The minimum Gasteiger partial charge on any atom is -0.487 e. The minimum absolute atomic E-state index is 0.0262. The molecular formula is C46H58N2O6S. The van der Waals surface area contributed by atoms with Crippen molar-refractivity contribution in [2.75, 3.05) is 19.8 Å². The van der Waals surface area contributed by atoms with Gasteiger partial charge in [-0.15, -0.1) is 18.3 Å². The van der Waals surface area contributed by atoms with Gasteiger partial charge in [-0.2, -0.15) is 0 Å². The standard InChI is InChI=1S/C46H58N2O6S/c1-3-26-52-46-43(55-37-19-7-8-20-37)29-41(48-53-30-33-15-5-4-6-16-33)39-27-34(17-9-11-24-49)38(21-10-12-25-50)44(45(39)46)40-28-36(22-23-42(40)54-46)51-31-35-18-13-14-32(2)47-35/h3-6,13-16,18,22-23,27-28,34,37-38,43-45,49-50H,1,7-12,17,19-21,24-26,29-31H2,2H3/t34-,38+,43-,44+,45+,46+/m0/s1. The van der Waals surface area contributed by atoms with E-state index >= 15 is 0 Å². The van der Waals surface area contributed by atoms with E-state index in [0.717, 1.165) is 83.8 Å². The molecule has 0 radical (unpaired) electrons. The van der Waals surface area contributed by atoms with Crippen molar-refractivity contribution in [2.45, 2.75) is 113 Å². The molecular weight excluding hydrogens is 709 g/mol. The van der Waals surface area contributed by atoms with Crippen LogP contribution in [0.5, 0.6) is 11.5 Å². The molecule has 2 aromatic carbocycles. The second kappa shape index (κ2) is 19.0. The second-order valence-corrected chi connectivity index (χ2v) is 17.1. The summed E-state index contributed by atoms with van der Waals surface area (Å²) < 4.78 is 20.9. The van der Waals surface area contributed by atoms with Gasteiger partial charge in [-0.25, -0.2) is 0 Å². The highest BCUT2D eigenvalue weighted by atomic mass is 32.2. The third-order valence-corrected chi connectivity index (χ3v) is 13.5. The van der Waals surface area contributed by atoms with Gasteiger partial charge in [0.2, 0.25) is 5.79 Å². The lowest BCUT2D eigenvalue weighted by Crippen LogP contribution is -2.64. The second-order valence-electron chi connectivity index (χ2n) is 15.6. The largest absolute Gasteiger partial charge is 0.487 e. The van der Waals surface area contributed by atoms with Crippen LogP contribution in [0, 0.1) is 24.7 Å². The number of aliphatic hydroxyl groups is 2. The number of hydrogen-bond acceptors (Lipinski definition) is 9. The smallest absolute Gasteiger partial charge is 0.230 e. The molecule has 1 aromatic heterocycles. The van der Waals surface area contributed by atoms with Gasteiger partial charge in [0.25, 0.3) is 0 Å². The third kappa shape index (κ3) is 9.17. The van der Waals surface area contributed by atoms with E-state index in [9.17, 15) is 10.2 Å². The van der Waals surface area contributed by atoms with Gasteiger partial charge in [-0.05, 0) is 98.8 Å². The molecule has 0 saturated heterocycles. The number of aromatic nitrogens is 1. The Hall–Kier alpha value is -3.63. The van der Waals surface area contributed by atoms with Crippen molar-refractivity contribution in [3.63, 3.8) is 0 Å². The molecule has 3 aromatic rings. The average Bonchev–Trinajstić information content (AvgIpc) is 3.72. The van der Waals surface area contributed by atoms with E-state index in [-0.39, 0.29) is 42.1 Å².